The molecule has 0 bridgehead atoms. The molecule has 1 aromatic rings. The minimum atomic E-state index is -0.622. The number of pyridine rings is 1. The predicted molar refractivity (Wildman–Crippen MR) is 75.1 cm³/mol. The summed E-state index contributed by atoms with van der Waals surface area (Å²) >= 11 is 5.67. The van der Waals surface area contributed by atoms with Gasteiger partial charge in [-0.1, -0.05) is 11.6 Å². The van der Waals surface area contributed by atoms with E-state index >= 15 is 0 Å². The van der Waals surface area contributed by atoms with E-state index in [1.54, 1.807) is 12.1 Å². The van der Waals surface area contributed by atoms with Crippen LogP contribution in [0.15, 0.2) is 18.3 Å². The van der Waals surface area contributed by atoms with Gasteiger partial charge in [-0.05, 0) is 12.1 Å². The number of carbonyl (C=O) groups excluding carboxylic acids is 2. The van der Waals surface area contributed by atoms with Crippen LogP contribution >= 0.6 is 11.6 Å². The van der Waals surface area contributed by atoms with Crippen LogP contribution < -0.4 is 10.1 Å². The summed E-state index contributed by atoms with van der Waals surface area (Å²) in [5.74, 6) is -0.0519. The van der Waals surface area contributed by atoms with E-state index in [9.17, 15) is 9.59 Å². The Kier molecular flexibility index (Phi) is 5.35. The zero-order valence-corrected chi connectivity index (χ0v) is 12.3. The molecule has 1 atom stereocenters. The number of hydrogen-bond acceptors (Lipinski definition) is 5. The lowest BCUT2D eigenvalue weighted by Crippen LogP contribution is -2.59. The van der Waals surface area contributed by atoms with E-state index in [2.05, 4.69) is 10.3 Å². The minimum absolute atomic E-state index is 0.153. The Morgan fingerprint density at radius 3 is 3.05 bits per heavy atom. The number of methoxy groups -OCH3 is 1. The first-order valence-corrected chi connectivity index (χ1v) is 6.80. The van der Waals surface area contributed by atoms with Crippen LogP contribution in [-0.4, -0.2) is 61.2 Å². The molecule has 2 amide bonds. The van der Waals surface area contributed by atoms with E-state index in [1.165, 1.54) is 18.2 Å². The van der Waals surface area contributed by atoms with Crippen molar-refractivity contribution >= 4 is 23.4 Å². The van der Waals surface area contributed by atoms with Gasteiger partial charge in [0.25, 0.3) is 5.91 Å². The first-order valence-electron chi connectivity index (χ1n) is 6.42. The molecule has 0 aromatic carbocycles. The van der Waals surface area contributed by atoms with Crippen molar-refractivity contribution in [2.24, 2.45) is 0 Å². The van der Waals surface area contributed by atoms with Gasteiger partial charge < -0.3 is 19.7 Å². The Hall–Kier alpha value is -1.86. The number of halogens is 1. The summed E-state index contributed by atoms with van der Waals surface area (Å²) in [6.45, 7) is 0.838. The van der Waals surface area contributed by atoms with Crippen LogP contribution in [0.3, 0.4) is 0 Å². The van der Waals surface area contributed by atoms with Crippen LogP contribution in [0.2, 0.25) is 5.15 Å². The molecule has 1 aliphatic rings. The Bertz CT molecular complexity index is 509. The number of carbonyl (C=O) groups is 2. The topological polar surface area (TPSA) is 80.8 Å². The van der Waals surface area contributed by atoms with Gasteiger partial charge in [-0.25, -0.2) is 4.98 Å². The molecule has 1 aromatic heterocycles. The van der Waals surface area contributed by atoms with Gasteiger partial charge in [0.05, 0.1) is 12.8 Å². The third-order valence-electron chi connectivity index (χ3n) is 3.04. The van der Waals surface area contributed by atoms with Crippen molar-refractivity contribution in [1.29, 1.82) is 0 Å². The molecule has 21 heavy (non-hydrogen) atoms. The Labute approximate surface area is 127 Å². The lowest BCUT2D eigenvalue weighted by atomic mass is 10.2. The average Bonchev–Trinajstić information content (AvgIpc) is 2.48. The number of nitrogens with one attached hydrogen (secondary N) is 1. The van der Waals surface area contributed by atoms with Crippen molar-refractivity contribution in [1.82, 2.24) is 15.2 Å². The first-order chi connectivity index (χ1) is 10.1. The van der Waals surface area contributed by atoms with Crippen molar-refractivity contribution in [3.05, 3.63) is 23.5 Å². The van der Waals surface area contributed by atoms with Crippen molar-refractivity contribution in [3.8, 4) is 5.75 Å². The summed E-state index contributed by atoms with van der Waals surface area (Å²) in [6.07, 6.45) is 1.44. The second-order valence-corrected chi connectivity index (χ2v) is 4.84. The largest absolute Gasteiger partial charge is 0.482 e. The van der Waals surface area contributed by atoms with Crippen LogP contribution in [0.5, 0.6) is 5.75 Å². The fourth-order valence-electron chi connectivity index (χ4n) is 2.01. The molecule has 1 aliphatic heterocycles. The van der Waals surface area contributed by atoms with Crippen molar-refractivity contribution in [2.45, 2.75) is 6.04 Å². The molecule has 1 N–H and O–H groups in total. The van der Waals surface area contributed by atoms with Gasteiger partial charge in [0, 0.05) is 20.2 Å². The highest BCUT2D eigenvalue weighted by atomic mass is 35.5. The quantitative estimate of drug-likeness (QED) is 0.779. The maximum Gasteiger partial charge on any atom is 0.261 e. The summed E-state index contributed by atoms with van der Waals surface area (Å²) in [6, 6.07) is 2.57. The van der Waals surface area contributed by atoms with E-state index in [0.717, 1.165) is 0 Å². The molecular formula is C13H16ClN3O4. The van der Waals surface area contributed by atoms with E-state index in [-0.39, 0.29) is 25.0 Å². The van der Waals surface area contributed by atoms with Gasteiger partial charge in [-0.2, -0.15) is 0 Å². The fourth-order valence-corrected chi connectivity index (χ4v) is 2.12. The Morgan fingerprint density at radius 1 is 1.57 bits per heavy atom. The van der Waals surface area contributed by atoms with Gasteiger partial charge in [0.15, 0.2) is 6.61 Å². The second-order valence-electron chi connectivity index (χ2n) is 4.45. The molecule has 1 saturated heterocycles. The molecule has 0 radical (unpaired) electrons. The molecule has 2 rings (SSSR count). The van der Waals surface area contributed by atoms with E-state index in [1.807, 2.05) is 0 Å². The highest BCUT2D eigenvalue weighted by molar-refractivity contribution is 6.29. The Morgan fingerprint density at radius 2 is 2.38 bits per heavy atom. The average molecular weight is 314 g/mol. The number of ether oxygens (including phenoxy) is 2. The lowest BCUT2D eigenvalue weighted by molar-refractivity contribution is -0.146. The number of hydrogen-bond donors (Lipinski definition) is 1. The van der Waals surface area contributed by atoms with E-state index in [0.29, 0.717) is 24.0 Å². The summed E-state index contributed by atoms with van der Waals surface area (Å²) < 4.78 is 10.3. The molecule has 2 heterocycles. The van der Waals surface area contributed by atoms with Gasteiger partial charge >= 0.3 is 0 Å². The third kappa shape index (κ3) is 4.05. The summed E-state index contributed by atoms with van der Waals surface area (Å²) in [4.78, 5) is 29.3. The van der Waals surface area contributed by atoms with Gasteiger partial charge in [0.2, 0.25) is 5.91 Å². The molecule has 0 spiro atoms. The van der Waals surface area contributed by atoms with E-state index in [4.69, 9.17) is 21.1 Å². The van der Waals surface area contributed by atoms with Gasteiger partial charge in [0.1, 0.15) is 16.9 Å². The SMILES string of the molecule is COCC1C(=O)NCCN1C(=O)COc1ccc(Cl)nc1. The van der Waals surface area contributed by atoms with Crippen LogP contribution in [0.1, 0.15) is 0 Å². The predicted octanol–water partition coefficient (Wildman–Crippen LogP) is 0.0872. The zero-order chi connectivity index (χ0) is 15.2. The smallest absolute Gasteiger partial charge is 0.261 e. The van der Waals surface area contributed by atoms with Crippen molar-refractivity contribution in [2.75, 3.05) is 33.4 Å². The number of nitrogens with zero attached hydrogens (tertiary/aromatic N) is 2. The first kappa shape index (κ1) is 15.5. The molecule has 7 nitrogen and oxygen atoms in total. The fraction of sp³-hybridized carbons (Fsp3) is 0.462. The molecule has 0 saturated carbocycles. The zero-order valence-electron chi connectivity index (χ0n) is 11.5. The van der Waals surface area contributed by atoms with Crippen LogP contribution in [0.25, 0.3) is 0 Å². The minimum Gasteiger partial charge on any atom is -0.482 e. The molecule has 1 unspecified atom stereocenters. The maximum absolute atomic E-state index is 12.2. The van der Waals surface area contributed by atoms with Crippen LogP contribution in [0, 0.1) is 0 Å². The van der Waals surface area contributed by atoms with Crippen molar-refractivity contribution < 1.29 is 19.1 Å². The number of rotatable bonds is 5. The van der Waals surface area contributed by atoms with Gasteiger partial charge in [-0.3, -0.25) is 9.59 Å². The normalized spacial score (nSPS) is 18.3. The molecule has 114 valence electrons. The molecule has 8 heteroatoms. The van der Waals surface area contributed by atoms with Crippen LogP contribution in [-0.2, 0) is 14.3 Å². The highest BCUT2D eigenvalue weighted by Crippen LogP contribution is 2.13. The second kappa shape index (κ2) is 7.24. The van der Waals surface area contributed by atoms with Crippen LogP contribution in [0.4, 0.5) is 0 Å². The Balaban J connectivity index is 1.94. The number of aromatic nitrogens is 1. The summed E-state index contributed by atoms with van der Waals surface area (Å²) in [5.41, 5.74) is 0. The molecule has 0 aliphatic carbocycles. The summed E-state index contributed by atoms with van der Waals surface area (Å²) in [7, 11) is 1.49. The molecular weight excluding hydrogens is 298 g/mol. The van der Waals surface area contributed by atoms with Crippen molar-refractivity contribution in [3.63, 3.8) is 0 Å². The molecule has 1 fully saturated rings. The third-order valence-corrected chi connectivity index (χ3v) is 3.26. The lowest BCUT2D eigenvalue weighted by Gasteiger charge is -2.34. The van der Waals surface area contributed by atoms with E-state index < -0.39 is 6.04 Å². The maximum atomic E-state index is 12.2. The number of piperazine rings is 1. The highest BCUT2D eigenvalue weighted by Gasteiger charge is 2.33. The van der Waals surface area contributed by atoms with Gasteiger partial charge in [-0.15, -0.1) is 0 Å². The standard InChI is InChI=1S/C13H16ClN3O4/c1-20-7-10-13(19)15-4-5-17(10)12(18)8-21-9-2-3-11(14)16-6-9/h2-3,6,10H,4-5,7-8H2,1H3,(H,15,19). The summed E-state index contributed by atoms with van der Waals surface area (Å²) in [5, 5.41) is 3.05. The number of amides is 2. The monoisotopic (exact) mass is 313 g/mol.